The molecule has 72 heavy (non-hydrogen) atoms. The van der Waals surface area contributed by atoms with Crippen molar-refractivity contribution in [2.45, 2.75) is 25.2 Å². The number of carboxylic acids is 1. The van der Waals surface area contributed by atoms with Crippen LogP contribution in [0.5, 0.6) is 11.5 Å². The molecule has 8 aromatic rings. The molecule has 2 atom stereocenters. The van der Waals surface area contributed by atoms with Crippen molar-refractivity contribution in [2.24, 2.45) is 5.73 Å². The van der Waals surface area contributed by atoms with Crippen LogP contribution in [0.15, 0.2) is 117 Å². The molecule has 0 aliphatic rings. The number of hydrogen-bond donors (Lipinski definition) is 8. The van der Waals surface area contributed by atoms with E-state index < -0.39 is 105 Å². The van der Waals surface area contributed by atoms with Crippen LogP contribution in [-0.2, 0) is 22.7 Å². The average molecular weight is 1000 g/mol. The number of carboxylic acid groups (broad SMARTS) is 1. The molecule has 20 nitrogen and oxygen atoms in total. The lowest BCUT2D eigenvalue weighted by molar-refractivity contribution is -0.140. The minimum Gasteiger partial charge on any atom is -0.491 e. The summed E-state index contributed by atoms with van der Waals surface area (Å²) >= 11 is 0. The van der Waals surface area contributed by atoms with Crippen LogP contribution in [0.25, 0.3) is 22.1 Å². The Morgan fingerprint density at radius 2 is 0.931 bits per heavy atom. The van der Waals surface area contributed by atoms with Crippen molar-refractivity contribution in [1.82, 2.24) is 39.7 Å². The minimum atomic E-state index is -1.65. The lowest BCUT2D eigenvalue weighted by Gasteiger charge is -2.17. The van der Waals surface area contributed by atoms with Crippen LogP contribution in [0.4, 0.5) is 26.3 Å². The van der Waals surface area contributed by atoms with E-state index in [4.69, 9.17) is 15.2 Å². The standard InChI is InChI=1S/C23H18F3N5O5.C23H17F3N4O6/c24-14-6-11(7-15(25)19(14)26)9-31-5-1-2-13(22(31)34)21(33)28-18(20(27)32)10-36-12-3-4-16-17(8-12)30-23(35)29-16;24-14-6-11(7-15(25)19(14)26)9-30-5-1-2-13(21(30)32)20(31)27-18(22(33)34)10-36-12-3-4-16-17(8-12)29-23(35)28-16/h1-8,18H,9-10H2,(H2,27,32)(H,28,33)(H2,29,30,35);1-8,18H,9-10H2,(H,27,31)(H,33,34)(H2,28,29,35)/t2*18-/m00/s1. The number of nitrogens with zero attached hydrogens (tertiary/aromatic N) is 2. The molecule has 9 N–H and O–H groups in total. The molecule has 0 radical (unpaired) electrons. The van der Waals surface area contributed by atoms with Gasteiger partial charge in [-0.2, -0.15) is 0 Å². The van der Waals surface area contributed by atoms with Gasteiger partial charge in [0.15, 0.2) is 40.9 Å². The molecule has 4 aromatic carbocycles. The molecule has 4 heterocycles. The number of imidazole rings is 2. The number of primary amides is 1. The van der Waals surface area contributed by atoms with E-state index in [-0.39, 0.29) is 47.9 Å². The lowest BCUT2D eigenvalue weighted by atomic mass is 10.2. The van der Waals surface area contributed by atoms with Gasteiger partial charge in [-0.15, -0.1) is 0 Å². The molecule has 0 bridgehead atoms. The third kappa shape index (κ3) is 11.8. The fraction of sp³-hybridized carbons (Fsp3) is 0.130. The Morgan fingerprint density at radius 3 is 1.32 bits per heavy atom. The summed E-state index contributed by atoms with van der Waals surface area (Å²) in [7, 11) is 0. The zero-order valence-electron chi connectivity index (χ0n) is 36.5. The van der Waals surface area contributed by atoms with Gasteiger partial charge in [-0.3, -0.25) is 24.0 Å². The fourth-order valence-electron chi connectivity index (χ4n) is 6.86. The Hall–Kier alpha value is -9.62. The average Bonchev–Trinajstić information content (AvgIpc) is 3.90. The smallest absolute Gasteiger partial charge is 0.329 e. The number of amides is 3. The van der Waals surface area contributed by atoms with E-state index in [2.05, 4.69) is 30.6 Å². The van der Waals surface area contributed by atoms with Gasteiger partial charge in [0.05, 0.1) is 35.2 Å². The van der Waals surface area contributed by atoms with Crippen molar-refractivity contribution in [2.75, 3.05) is 13.2 Å². The highest BCUT2D eigenvalue weighted by atomic mass is 19.2. The molecule has 0 aliphatic heterocycles. The molecule has 4 aromatic heterocycles. The van der Waals surface area contributed by atoms with Crippen LogP contribution in [0.3, 0.4) is 0 Å². The summed E-state index contributed by atoms with van der Waals surface area (Å²) in [6.45, 7) is -1.60. The minimum absolute atomic E-state index is 0.0461. The first-order valence-electron chi connectivity index (χ1n) is 20.7. The summed E-state index contributed by atoms with van der Waals surface area (Å²) in [5.41, 5.74) is 3.85. The van der Waals surface area contributed by atoms with Crippen LogP contribution in [0.2, 0.25) is 0 Å². The van der Waals surface area contributed by atoms with E-state index in [1.807, 2.05) is 0 Å². The van der Waals surface area contributed by atoms with Crippen LogP contribution >= 0.6 is 0 Å². The van der Waals surface area contributed by atoms with Gasteiger partial charge in [-0.05, 0) is 83.9 Å². The van der Waals surface area contributed by atoms with Crippen molar-refractivity contribution >= 4 is 45.8 Å². The number of aliphatic carboxylic acids is 1. The normalized spacial score (nSPS) is 11.9. The van der Waals surface area contributed by atoms with E-state index in [0.29, 0.717) is 22.1 Å². The fourth-order valence-corrected chi connectivity index (χ4v) is 6.86. The van der Waals surface area contributed by atoms with Gasteiger partial charge in [-0.25, -0.2) is 40.7 Å². The molecule has 0 aliphatic carbocycles. The Bertz CT molecular complexity index is 3380. The molecular formula is C46H35F6N9O11. The van der Waals surface area contributed by atoms with Crippen molar-refractivity contribution in [3.63, 3.8) is 0 Å². The number of nitrogens with two attached hydrogens (primary N) is 1. The van der Waals surface area contributed by atoms with Crippen LogP contribution in [-0.4, -0.2) is 83.2 Å². The van der Waals surface area contributed by atoms with Crippen LogP contribution < -0.4 is 48.3 Å². The number of aromatic amines is 4. The number of benzene rings is 4. The number of rotatable bonds is 16. The predicted octanol–water partition coefficient (Wildman–Crippen LogP) is 2.89. The molecule has 0 fully saturated rings. The largest absolute Gasteiger partial charge is 0.491 e. The van der Waals surface area contributed by atoms with Gasteiger partial charge in [0.1, 0.15) is 41.9 Å². The number of aromatic nitrogens is 6. The Balaban J connectivity index is 0.000000211. The molecule has 372 valence electrons. The molecule has 0 saturated carbocycles. The Morgan fingerprint density at radius 1 is 0.556 bits per heavy atom. The van der Waals surface area contributed by atoms with Crippen molar-refractivity contribution < 1.29 is 60.1 Å². The van der Waals surface area contributed by atoms with Crippen LogP contribution in [0.1, 0.15) is 31.8 Å². The lowest BCUT2D eigenvalue weighted by Crippen LogP contribution is -2.49. The number of ether oxygens (including phenoxy) is 2. The van der Waals surface area contributed by atoms with Crippen molar-refractivity contribution in [1.29, 1.82) is 0 Å². The third-order valence-corrected chi connectivity index (χ3v) is 10.4. The van der Waals surface area contributed by atoms with E-state index in [9.17, 15) is 69.8 Å². The Labute approximate surface area is 396 Å². The maximum Gasteiger partial charge on any atom is 0.329 e. The van der Waals surface area contributed by atoms with Crippen LogP contribution in [0, 0.1) is 34.9 Å². The number of pyridine rings is 2. The van der Waals surface area contributed by atoms with Gasteiger partial charge in [-0.1, -0.05) is 0 Å². The molecule has 26 heteroatoms. The zero-order valence-corrected chi connectivity index (χ0v) is 36.5. The number of hydrogen-bond acceptors (Lipinski definition) is 10. The highest BCUT2D eigenvalue weighted by molar-refractivity contribution is 5.97. The van der Waals surface area contributed by atoms with Gasteiger partial charge in [0, 0.05) is 24.5 Å². The monoisotopic (exact) mass is 1000 g/mol. The number of fused-ring (bicyclic) bond motifs is 2. The summed E-state index contributed by atoms with van der Waals surface area (Å²) in [5.74, 6) is -12.8. The van der Waals surface area contributed by atoms with Gasteiger partial charge < -0.3 is 60.0 Å². The molecule has 0 unspecified atom stereocenters. The summed E-state index contributed by atoms with van der Waals surface area (Å²) < 4.78 is 93.3. The molecule has 0 saturated heterocycles. The van der Waals surface area contributed by atoms with E-state index in [1.165, 1.54) is 54.9 Å². The first-order chi connectivity index (χ1) is 34.2. The second kappa shape index (κ2) is 21.3. The highest BCUT2D eigenvalue weighted by Gasteiger charge is 2.25. The molecule has 8 rings (SSSR count). The highest BCUT2D eigenvalue weighted by Crippen LogP contribution is 2.19. The van der Waals surface area contributed by atoms with E-state index in [0.717, 1.165) is 39.5 Å². The van der Waals surface area contributed by atoms with Crippen molar-refractivity contribution in [3.05, 3.63) is 196 Å². The maximum atomic E-state index is 13.5. The third-order valence-electron chi connectivity index (χ3n) is 10.4. The number of nitrogens with one attached hydrogen (secondary N) is 6. The SMILES string of the molecule is NC(=O)[C@H](COc1ccc2[nH]c(=O)[nH]c2c1)NC(=O)c1cccn(Cc2cc(F)c(F)c(F)c2)c1=O.O=C(N[C@@H](COc1ccc2[nH]c(=O)[nH]c2c1)C(=O)O)c1cccn(Cc2cc(F)c(F)c(F)c2)c1=O. The number of H-pyrrole nitrogens is 4. The summed E-state index contributed by atoms with van der Waals surface area (Å²) in [4.78, 5) is 107. The van der Waals surface area contributed by atoms with Crippen molar-refractivity contribution in [3.8, 4) is 11.5 Å². The molecule has 0 spiro atoms. The first kappa shape index (κ1) is 50.3. The van der Waals surface area contributed by atoms with Gasteiger partial charge >= 0.3 is 17.3 Å². The maximum absolute atomic E-state index is 13.5. The predicted molar refractivity (Wildman–Crippen MR) is 240 cm³/mol. The quantitative estimate of drug-likeness (QED) is 0.0514. The Kier molecular flexibility index (Phi) is 14.9. The summed E-state index contributed by atoms with van der Waals surface area (Å²) in [5, 5.41) is 14.0. The molecule has 3 amide bonds. The number of carbonyl (C=O) groups excluding carboxylic acids is 3. The van der Waals surface area contributed by atoms with Gasteiger partial charge in [0.25, 0.3) is 22.9 Å². The second-order valence-corrected chi connectivity index (χ2v) is 15.4. The topological polar surface area (TPSA) is 298 Å². The van der Waals surface area contributed by atoms with Gasteiger partial charge in [0.2, 0.25) is 5.91 Å². The molecular weight excluding hydrogens is 969 g/mol. The number of halogens is 6. The number of carbonyl (C=O) groups is 4. The summed E-state index contributed by atoms with van der Waals surface area (Å²) in [6, 6.07) is 14.1. The van der Waals surface area contributed by atoms with E-state index in [1.54, 1.807) is 12.1 Å². The second-order valence-electron chi connectivity index (χ2n) is 15.4. The van der Waals surface area contributed by atoms with E-state index >= 15 is 0 Å². The summed E-state index contributed by atoms with van der Waals surface area (Å²) in [6.07, 6.45) is 2.52. The first-order valence-corrected chi connectivity index (χ1v) is 20.7. The zero-order chi connectivity index (χ0) is 52.0.